The van der Waals surface area contributed by atoms with Crippen LogP contribution in [-0.2, 0) is 11.2 Å². The van der Waals surface area contributed by atoms with Crippen LogP contribution in [0.4, 0.5) is 16.2 Å². The molecule has 1 amide bonds. The van der Waals surface area contributed by atoms with Gasteiger partial charge in [0.15, 0.2) is 0 Å². The molecule has 2 N–H and O–H groups in total. The van der Waals surface area contributed by atoms with Crippen LogP contribution in [0.3, 0.4) is 0 Å². The van der Waals surface area contributed by atoms with Gasteiger partial charge in [0.2, 0.25) is 5.56 Å². The number of methoxy groups -OCH3 is 1. The van der Waals surface area contributed by atoms with E-state index in [0.717, 1.165) is 5.56 Å². The Balaban J connectivity index is 1.90. The zero-order valence-corrected chi connectivity index (χ0v) is 18.8. The summed E-state index contributed by atoms with van der Waals surface area (Å²) in [6.07, 6.45) is -0.304. The highest BCUT2D eigenvalue weighted by Crippen LogP contribution is 2.33. The van der Waals surface area contributed by atoms with Crippen LogP contribution in [0.5, 0.6) is 5.75 Å². The molecular weight excluding hydrogens is 426 g/mol. The molecule has 0 aliphatic rings. The van der Waals surface area contributed by atoms with Gasteiger partial charge in [-0.1, -0.05) is 18.2 Å². The van der Waals surface area contributed by atoms with Crippen molar-refractivity contribution in [2.45, 2.75) is 32.8 Å². The molecule has 1 aromatic heterocycles. The smallest absolute Gasteiger partial charge is 0.412 e. The van der Waals surface area contributed by atoms with Crippen molar-refractivity contribution in [2.24, 2.45) is 0 Å². The number of nitrogens with one attached hydrogen (secondary N) is 2. The number of hydrogen-bond donors (Lipinski definition) is 2. The minimum absolute atomic E-state index is 0.0230. The maximum atomic E-state index is 12.1. The molecule has 172 valence electrons. The molecule has 9 nitrogen and oxygen atoms in total. The first-order chi connectivity index (χ1) is 15.5. The zero-order chi connectivity index (χ0) is 24.2. The normalized spacial score (nSPS) is 11.0. The summed E-state index contributed by atoms with van der Waals surface area (Å²) in [6, 6.07) is 14.7. The van der Waals surface area contributed by atoms with E-state index in [4.69, 9.17) is 9.47 Å². The van der Waals surface area contributed by atoms with Crippen LogP contribution in [0.25, 0.3) is 11.1 Å². The highest BCUT2D eigenvalue weighted by Gasteiger charge is 2.17. The quantitative estimate of drug-likeness (QED) is 0.406. The molecule has 0 fully saturated rings. The minimum atomic E-state index is -0.667. The molecule has 0 saturated carbocycles. The summed E-state index contributed by atoms with van der Waals surface area (Å²) in [6.45, 7) is 5.25. The lowest BCUT2D eigenvalue weighted by Crippen LogP contribution is -2.27. The van der Waals surface area contributed by atoms with E-state index in [-0.39, 0.29) is 11.2 Å². The first-order valence-corrected chi connectivity index (χ1v) is 10.2. The average molecular weight is 451 g/mol. The summed E-state index contributed by atoms with van der Waals surface area (Å²) >= 11 is 0. The highest BCUT2D eigenvalue weighted by molar-refractivity contribution is 5.84. The van der Waals surface area contributed by atoms with Crippen molar-refractivity contribution in [2.75, 3.05) is 12.4 Å². The number of benzene rings is 2. The first kappa shape index (κ1) is 23.5. The van der Waals surface area contributed by atoms with Crippen LogP contribution < -0.4 is 15.6 Å². The van der Waals surface area contributed by atoms with Gasteiger partial charge in [-0.05, 0) is 50.1 Å². The van der Waals surface area contributed by atoms with Gasteiger partial charge in [0, 0.05) is 35.9 Å². The van der Waals surface area contributed by atoms with E-state index in [9.17, 15) is 19.7 Å². The second-order valence-electron chi connectivity index (χ2n) is 8.40. The van der Waals surface area contributed by atoms with Crippen molar-refractivity contribution in [1.82, 2.24) is 4.98 Å². The van der Waals surface area contributed by atoms with Crippen molar-refractivity contribution in [3.63, 3.8) is 0 Å². The molecule has 0 spiro atoms. The van der Waals surface area contributed by atoms with Crippen molar-refractivity contribution in [3.8, 4) is 16.9 Å². The Hall–Kier alpha value is -4.14. The van der Waals surface area contributed by atoms with E-state index in [1.165, 1.54) is 25.3 Å². The monoisotopic (exact) mass is 451 g/mol. The second kappa shape index (κ2) is 9.56. The number of non-ortho nitro benzene ring substituents is 1. The van der Waals surface area contributed by atoms with Crippen molar-refractivity contribution in [3.05, 3.63) is 86.3 Å². The number of H-pyrrole nitrogens is 1. The lowest BCUT2D eigenvalue weighted by Gasteiger charge is -2.19. The van der Waals surface area contributed by atoms with E-state index < -0.39 is 16.6 Å². The van der Waals surface area contributed by atoms with Gasteiger partial charge >= 0.3 is 6.09 Å². The molecule has 2 aromatic carbocycles. The molecule has 3 rings (SSSR count). The molecule has 9 heteroatoms. The Bertz CT molecular complexity index is 1240. The van der Waals surface area contributed by atoms with Gasteiger partial charge in [0.25, 0.3) is 5.69 Å². The van der Waals surface area contributed by atoms with Gasteiger partial charge in [-0.15, -0.1) is 0 Å². The Morgan fingerprint density at radius 1 is 1.12 bits per heavy atom. The van der Waals surface area contributed by atoms with Gasteiger partial charge in [0.05, 0.1) is 17.7 Å². The number of pyridine rings is 1. The summed E-state index contributed by atoms with van der Waals surface area (Å²) in [7, 11) is 1.53. The van der Waals surface area contributed by atoms with Gasteiger partial charge in [-0.25, -0.2) is 4.79 Å². The van der Waals surface area contributed by atoms with Gasteiger partial charge in [-0.3, -0.25) is 20.2 Å². The van der Waals surface area contributed by atoms with Gasteiger partial charge in [0.1, 0.15) is 11.4 Å². The fourth-order valence-corrected chi connectivity index (χ4v) is 3.29. The predicted octanol–water partition coefficient (Wildman–Crippen LogP) is 4.90. The number of nitrogens with zero attached hydrogens (tertiary/aromatic N) is 1. The standard InChI is InChI=1S/C24H25N3O6/c1-24(2,3)33-23(29)26-18-13-17(25-22(28)14-18)10-15-8-9-21(32-4)20(11-15)16-6-5-7-19(12-16)27(30)31/h5-9,11-14H,10H2,1-4H3,(H2,25,26,28,29). The Morgan fingerprint density at radius 2 is 1.88 bits per heavy atom. The molecular formula is C24H25N3O6. The molecule has 0 saturated heterocycles. The number of nitro groups is 1. The molecule has 33 heavy (non-hydrogen) atoms. The predicted molar refractivity (Wildman–Crippen MR) is 125 cm³/mol. The summed E-state index contributed by atoms with van der Waals surface area (Å²) in [5, 5.41) is 13.7. The fraction of sp³-hybridized carbons (Fsp3) is 0.250. The molecule has 3 aromatic rings. The van der Waals surface area contributed by atoms with Gasteiger partial charge in [-0.2, -0.15) is 0 Å². The van der Waals surface area contributed by atoms with Crippen LogP contribution in [-0.4, -0.2) is 28.7 Å². The number of anilines is 1. The first-order valence-electron chi connectivity index (χ1n) is 10.2. The Labute approximate surface area is 190 Å². The van der Waals surface area contributed by atoms with Crippen LogP contribution in [0.2, 0.25) is 0 Å². The number of aromatic nitrogens is 1. The van der Waals surface area contributed by atoms with Crippen LogP contribution in [0.1, 0.15) is 32.0 Å². The summed E-state index contributed by atoms with van der Waals surface area (Å²) in [5.74, 6) is 0.563. The van der Waals surface area contributed by atoms with Crippen molar-refractivity contribution >= 4 is 17.5 Å². The highest BCUT2D eigenvalue weighted by atomic mass is 16.6. The molecule has 0 aliphatic carbocycles. The average Bonchev–Trinajstić information content (AvgIpc) is 2.72. The Morgan fingerprint density at radius 3 is 2.55 bits per heavy atom. The third kappa shape index (κ3) is 6.42. The van der Waals surface area contributed by atoms with E-state index in [1.807, 2.05) is 12.1 Å². The number of hydrogen-bond acceptors (Lipinski definition) is 6. The maximum Gasteiger partial charge on any atom is 0.412 e. The fourth-order valence-electron chi connectivity index (χ4n) is 3.29. The summed E-state index contributed by atoms with van der Waals surface area (Å²) in [5.41, 5.74) is 1.98. The minimum Gasteiger partial charge on any atom is -0.496 e. The third-order valence-corrected chi connectivity index (χ3v) is 4.57. The third-order valence-electron chi connectivity index (χ3n) is 4.57. The van der Waals surface area contributed by atoms with E-state index in [1.54, 1.807) is 45.0 Å². The molecule has 0 unspecified atom stereocenters. The maximum absolute atomic E-state index is 12.1. The van der Waals surface area contributed by atoms with Crippen LogP contribution >= 0.6 is 0 Å². The number of amides is 1. The molecule has 0 bridgehead atoms. The summed E-state index contributed by atoms with van der Waals surface area (Å²) in [4.78, 5) is 37.7. The Kier molecular flexibility index (Phi) is 6.81. The lowest BCUT2D eigenvalue weighted by atomic mass is 9.99. The number of aromatic amines is 1. The molecule has 0 atom stereocenters. The van der Waals surface area contributed by atoms with Crippen molar-refractivity contribution in [1.29, 1.82) is 0 Å². The SMILES string of the molecule is COc1ccc(Cc2cc(NC(=O)OC(C)(C)C)cc(=O)[nH]2)cc1-c1cccc([N+](=O)[O-])c1. The lowest BCUT2D eigenvalue weighted by molar-refractivity contribution is -0.384. The van der Waals surface area contributed by atoms with Crippen molar-refractivity contribution < 1.29 is 19.2 Å². The molecule has 1 heterocycles. The van der Waals surface area contributed by atoms with E-state index in [2.05, 4.69) is 10.3 Å². The topological polar surface area (TPSA) is 124 Å². The molecule has 0 aliphatic heterocycles. The van der Waals surface area contributed by atoms with Crippen LogP contribution in [0, 0.1) is 10.1 Å². The number of ether oxygens (including phenoxy) is 2. The summed E-state index contributed by atoms with van der Waals surface area (Å²) < 4.78 is 10.7. The van der Waals surface area contributed by atoms with E-state index >= 15 is 0 Å². The van der Waals surface area contributed by atoms with E-state index in [0.29, 0.717) is 34.7 Å². The number of carbonyl (C=O) groups excluding carboxylic acids is 1. The van der Waals surface area contributed by atoms with Crippen LogP contribution in [0.15, 0.2) is 59.4 Å². The van der Waals surface area contributed by atoms with Gasteiger partial charge < -0.3 is 14.5 Å². The number of rotatable bonds is 6. The molecule has 0 radical (unpaired) electrons. The largest absolute Gasteiger partial charge is 0.496 e. The number of carbonyl (C=O) groups is 1. The zero-order valence-electron chi connectivity index (χ0n) is 18.8. The number of nitro benzene ring substituents is 1. The second-order valence-corrected chi connectivity index (χ2v) is 8.40.